The second-order valence-electron chi connectivity index (χ2n) is 5.89. The zero-order valence-electron chi connectivity index (χ0n) is 15.3. The van der Waals surface area contributed by atoms with Crippen LogP contribution in [-0.2, 0) is 19.1 Å². The third kappa shape index (κ3) is 5.94. The number of imidazole rings is 1. The monoisotopic (exact) mass is 386 g/mol. The number of amidine groups is 1. The maximum Gasteiger partial charge on any atom is 0.330 e. The number of hydrogen-bond acceptors (Lipinski definition) is 6. The number of nitrogen functional groups attached to an aromatic ring is 1. The van der Waals surface area contributed by atoms with E-state index in [1.54, 1.807) is 30.5 Å². The van der Waals surface area contributed by atoms with Crippen LogP contribution in [0.4, 0.5) is 5.69 Å². The lowest BCUT2D eigenvalue weighted by molar-refractivity contribution is -0.144. The molecule has 10 nitrogen and oxygen atoms in total. The quantitative estimate of drug-likeness (QED) is 0.278. The molecule has 0 radical (unpaired) electrons. The van der Waals surface area contributed by atoms with Gasteiger partial charge in [0.15, 0.2) is 0 Å². The molecule has 0 aliphatic heterocycles. The SMILES string of the molecule is COC(=O)C(CNC(=O)CCC(=O)Nc1ccc(C(=N)N)cc1)n1ccnc1. The molecular formula is C18H22N6O4. The Hall–Kier alpha value is -3.69. The standard InChI is InChI=1S/C18H22N6O4/c1-28-18(27)14(24-9-8-21-11-24)10-22-15(25)6-7-16(26)23-13-4-2-12(3-5-13)17(19)20/h2-5,8-9,11,14H,6-7,10H2,1H3,(H3,19,20)(H,22,25)(H,23,26). The first kappa shape index (κ1) is 20.6. The van der Waals surface area contributed by atoms with E-state index in [2.05, 4.69) is 15.6 Å². The third-order valence-electron chi connectivity index (χ3n) is 3.91. The van der Waals surface area contributed by atoms with Crippen molar-refractivity contribution >= 4 is 29.3 Å². The fourth-order valence-electron chi connectivity index (χ4n) is 2.38. The normalized spacial score (nSPS) is 11.3. The summed E-state index contributed by atoms with van der Waals surface area (Å²) < 4.78 is 6.26. The van der Waals surface area contributed by atoms with Gasteiger partial charge in [-0.1, -0.05) is 0 Å². The Balaban J connectivity index is 1.78. The molecule has 0 fully saturated rings. The van der Waals surface area contributed by atoms with E-state index in [4.69, 9.17) is 15.9 Å². The summed E-state index contributed by atoms with van der Waals surface area (Å²) in [5.41, 5.74) is 6.47. The van der Waals surface area contributed by atoms with Gasteiger partial charge in [0, 0.05) is 43.0 Å². The number of ether oxygens (including phenoxy) is 1. The van der Waals surface area contributed by atoms with Crippen LogP contribution >= 0.6 is 0 Å². The number of carbonyl (C=O) groups excluding carboxylic acids is 3. The fraction of sp³-hybridized carbons (Fsp3) is 0.278. The first-order valence-electron chi connectivity index (χ1n) is 8.47. The minimum absolute atomic E-state index is 0.0196. The van der Waals surface area contributed by atoms with Gasteiger partial charge in [-0.25, -0.2) is 9.78 Å². The van der Waals surface area contributed by atoms with Crippen molar-refractivity contribution < 1.29 is 19.1 Å². The number of anilines is 1. The Morgan fingerprint density at radius 2 is 1.89 bits per heavy atom. The number of esters is 1. The zero-order valence-corrected chi connectivity index (χ0v) is 15.3. The maximum absolute atomic E-state index is 12.0. The van der Waals surface area contributed by atoms with Crippen molar-refractivity contribution in [1.29, 1.82) is 5.41 Å². The summed E-state index contributed by atoms with van der Waals surface area (Å²) in [5.74, 6) is -1.26. The van der Waals surface area contributed by atoms with Gasteiger partial charge in [-0.05, 0) is 24.3 Å². The molecule has 2 aromatic rings. The van der Waals surface area contributed by atoms with Gasteiger partial charge < -0.3 is 25.7 Å². The molecule has 1 aromatic heterocycles. The van der Waals surface area contributed by atoms with Crippen molar-refractivity contribution in [2.45, 2.75) is 18.9 Å². The molecule has 10 heteroatoms. The highest BCUT2D eigenvalue weighted by molar-refractivity contribution is 5.96. The Bertz CT molecular complexity index is 832. The number of methoxy groups -OCH3 is 1. The summed E-state index contributed by atoms with van der Waals surface area (Å²) in [5, 5.41) is 12.6. The summed E-state index contributed by atoms with van der Waals surface area (Å²) in [6.45, 7) is 0.0238. The van der Waals surface area contributed by atoms with Crippen molar-refractivity contribution in [2.75, 3.05) is 19.0 Å². The van der Waals surface area contributed by atoms with Gasteiger partial charge >= 0.3 is 5.97 Å². The summed E-state index contributed by atoms with van der Waals surface area (Å²) in [7, 11) is 1.27. The molecule has 1 aromatic carbocycles. The van der Waals surface area contributed by atoms with Gasteiger partial charge in [0.05, 0.1) is 13.4 Å². The van der Waals surface area contributed by atoms with Gasteiger partial charge in [-0.15, -0.1) is 0 Å². The second-order valence-corrected chi connectivity index (χ2v) is 5.89. The van der Waals surface area contributed by atoms with Crippen LogP contribution in [0.15, 0.2) is 43.0 Å². The summed E-state index contributed by atoms with van der Waals surface area (Å²) in [6.07, 6.45) is 4.52. The molecule has 1 heterocycles. The fourth-order valence-corrected chi connectivity index (χ4v) is 2.38. The maximum atomic E-state index is 12.0. The third-order valence-corrected chi connectivity index (χ3v) is 3.91. The van der Waals surface area contributed by atoms with Crippen molar-refractivity contribution in [2.24, 2.45) is 5.73 Å². The Morgan fingerprint density at radius 3 is 2.46 bits per heavy atom. The molecule has 0 aliphatic rings. The molecule has 1 atom stereocenters. The number of carbonyl (C=O) groups is 3. The molecule has 0 spiro atoms. The van der Waals surface area contributed by atoms with E-state index in [-0.39, 0.29) is 37.0 Å². The van der Waals surface area contributed by atoms with Gasteiger partial charge in [0.25, 0.3) is 0 Å². The number of rotatable bonds is 9. The van der Waals surface area contributed by atoms with Crippen LogP contribution in [0.1, 0.15) is 24.4 Å². The molecule has 1 unspecified atom stereocenters. The van der Waals surface area contributed by atoms with Crippen LogP contribution in [-0.4, -0.2) is 46.8 Å². The number of nitrogens with two attached hydrogens (primary N) is 1. The molecule has 5 N–H and O–H groups in total. The predicted octanol–water partition coefficient (Wildman–Crippen LogP) is 0.416. The summed E-state index contributed by atoms with van der Waals surface area (Å²) in [6, 6.07) is 5.76. The van der Waals surface area contributed by atoms with E-state index >= 15 is 0 Å². The van der Waals surface area contributed by atoms with Crippen molar-refractivity contribution in [1.82, 2.24) is 14.9 Å². The van der Waals surface area contributed by atoms with Crippen LogP contribution in [0.2, 0.25) is 0 Å². The Kier molecular flexibility index (Phi) is 7.26. The number of hydrogen-bond donors (Lipinski definition) is 4. The summed E-state index contributed by atoms with van der Waals surface area (Å²) in [4.78, 5) is 39.7. The van der Waals surface area contributed by atoms with Gasteiger partial charge in [0.1, 0.15) is 11.9 Å². The molecule has 0 bridgehead atoms. The number of amides is 2. The number of aromatic nitrogens is 2. The van der Waals surface area contributed by atoms with E-state index in [1.807, 2.05) is 0 Å². The lowest BCUT2D eigenvalue weighted by Gasteiger charge is -2.16. The molecular weight excluding hydrogens is 364 g/mol. The van der Waals surface area contributed by atoms with Crippen LogP contribution < -0.4 is 16.4 Å². The van der Waals surface area contributed by atoms with Crippen molar-refractivity contribution in [3.05, 3.63) is 48.5 Å². The molecule has 148 valence electrons. The molecule has 0 aliphatic carbocycles. The minimum Gasteiger partial charge on any atom is -0.467 e. The first-order chi connectivity index (χ1) is 13.4. The zero-order chi connectivity index (χ0) is 20.5. The largest absolute Gasteiger partial charge is 0.467 e. The number of nitrogens with one attached hydrogen (secondary N) is 3. The van der Waals surface area contributed by atoms with E-state index in [0.717, 1.165) is 0 Å². The van der Waals surface area contributed by atoms with Crippen molar-refractivity contribution in [3.63, 3.8) is 0 Å². The summed E-state index contributed by atoms with van der Waals surface area (Å²) >= 11 is 0. The van der Waals surface area contributed by atoms with Crippen LogP contribution in [0.25, 0.3) is 0 Å². The molecule has 0 saturated heterocycles. The number of nitrogens with zero attached hydrogens (tertiary/aromatic N) is 2. The van der Waals surface area contributed by atoms with Gasteiger partial charge in [0.2, 0.25) is 11.8 Å². The topological polar surface area (TPSA) is 152 Å². The van der Waals surface area contributed by atoms with E-state index in [0.29, 0.717) is 11.3 Å². The smallest absolute Gasteiger partial charge is 0.330 e. The molecule has 2 rings (SSSR count). The molecule has 2 amide bonds. The van der Waals surface area contributed by atoms with E-state index in [1.165, 1.54) is 24.2 Å². The molecule has 28 heavy (non-hydrogen) atoms. The average molecular weight is 386 g/mol. The second kappa shape index (κ2) is 9.86. The highest BCUT2D eigenvalue weighted by Gasteiger charge is 2.21. The van der Waals surface area contributed by atoms with Gasteiger partial charge in [-0.2, -0.15) is 0 Å². The average Bonchev–Trinajstić information content (AvgIpc) is 3.21. The predicted molar refractivity (Wildman–Crippen MR) is 102 cm³/mol. The Labute approximate surface area is 161 Å². The van der Waals surface area contributed by atoms with Crippen LogP contribution in [0, 0.1) is 5.41 Å². The Morgan fingerprint density at radius 1 is 1.21 bits per heavy atom. The van der Waals surface area contributed by atoms with Crippen LogP contribution in [0.3, 0.4) is 0 Å². The highest BCUT2D eigenvalue weighted by atomic mass is 16.5. The van der Waals surface area contributed by atoms with Crippen LogP contribution in [0.5, 0.6) is 0 Å². The first-order valence-corrected chi connectivity index (χ1v) is 8.47. The van der Waals surface area contributed by atoms with Crippen molar-refractivity contribution in [3.8, 4) is 0 Å². The minimum atomic E-state index is -0.731. The van der Waals surface area contributed by atoms with E-state index in [9.17, 15) is 14.4 Å². The highest BCUT2D eigenvalue weighted by Crippen LogP contribution is 2.10. The molecule has 0 saturated carbocycles. The lowest BCUT2D eigenvalue weighted by Crippen LogP contribution is -2.35. The number of benzene rings is 1. The lowest BCUT2D eigenvalue weighted by atomic mass is 10.2. The van der Waals surface area contributed by atoms with E-state index < -0.39 is 12.0 Å². The van der Waals surface area contributed by atoms with Gasteiger partial charge in [-0.3, -0.25) is 15.0 Å².